The fraction of sp³-hybridized carbons (Fsp3) is 0.600. The van der Waals surface area contributed by atoms with Gasteiger partial charge in [0.1, 0.15) is 0 Å². The van der Waals surface area contributed by atoms with Gasteiger partial charge in [-0.1, -0.05) is 6.92 Å². The van der Waals surface area contributed by atoms with E-state index in [1.165, 1.54) is 12.3 Å². The molecule has 0 radical (unpaired) electrons. The molecule has 1 aromatic heterocycles. The first-order chi connectivity index (χ1) is 10.1. The molecule has 1 aromatic rings. The molecule has 0 saturated carbocycles. The van der Waals surface area contributed by atoms with Gasteiger partial charge >= 0.3 is 0 Å². The van der Waals surface area contributed by atoms with E-state index < -0.39 is 5.82 Å². The van der Waals surface area contributed by atoms with Crippen LogP contribution in [0.25, 0.3) is 0 Å². The van der Waals surface area contributed by atoms with Crippen molar-refractivity contribution < 1.29 is 9.18 Å². The maximum absolute atomic E-state index is 14.3. The van der Waals surface area contributed by atoms with Crippen molar-refractivity contribution in [3.63, 3.8) is 0 Å². The van der Waals surface area contributed by atoms with Crippen molar-refractivity contribution >= 4 is 11.7 Å². The lowest BCUT2D eigenvalue weighted by Crippen LogP contribution is -2.43. The molecule has 21 heavy (non-hydrogen) atoms. The molecule has 0 aliphatic carbocycles. The molecular formula is C15H23FN4O. The Morgan fingerprint density at radius 3 is 2.95 bits per heavy atom. The molecule has 1 N–H and O–H groups in total. The highest BCUT2D eigenvalue weighted by Crippen LogP contribution is 2.20. The van der Waals surface area contributed by atoms with E-state index >= 15 is 0 Å². The summed E-state index contributed by atoms with van der Waals surface area (Å²) in [5, 5.41) is 2.67. The molecule has 1 aliphatic rings. The number of carbonyl (C=O) groups excluding carboxylic acids is 1. The van der Waals surface area contributed by atoms with Crippen LogP contribution in [0.3, 0.4) is 0 Å². The van der Waals surface area contributed by atoms with Crippen LogP contribution in [-0.4, -0.2) is 60.5 Å². The van der Waals surface area contributed by atoms with E-state index in [0.29, 0.717) is 6.54 Å². The molecular weight excluding hydrogens is 271 g/mol. The standard InChI is InChI=1S/C15H23FN4O/c1-4-11-10-19(3)8-5-9-20(11)15(21)12-6-7-18-14(17-2)13(12)16/h6-7,11H,4-5,8-10H2,1-3H3,(H,17,18). The third kappa shape index (κ3) is 3.32. The van der Waals surface area contributed by atoms with Gasteiger partial charge in [-0.25, -0.2) is 9.37 Å². The number of hydrogen-bond acceptors (Lipinski definition) is 4. The fourth-order valence-corrected chi connectivity index (χ4v) is 2.80. The van der Waals surface area contributed by atoms with Gasteiger partial charge in [0.15, 0.2) is 11.6 Å². The summed E-state index contributed by atoms with van der Waals surface area (Å²) in [5.41, 5.74) is 0.0948. The largest absolute Gasteiger partial charge is 0.371 e. The maximum Gasteiger partial charge on any atom is 0.257 e. The van der Waals surface area contributed by atoms with Crippen LogP contribution < -0.4 is 5.32 Å². The van der Waals surface area contributed by atoms with Gasteiger partial charge in [-0.3, -0.25) is 4.79 Å². The highest BCUT2D eigenvalue weighted by molar-refractivity contribution is 5.95. The van der Waals surface area contributed by atoms with Gasteiger partial charge in [0.2, 0.25) is 0 Å². The van der Waals surface area contributed by atoms with Gasteiger partial charge < -0.3 is 15.1 Å². The lowest BCUT2D eigenvalue weighted by molar-refractivity contribution is 0.0671. The number of carbonyl (C=O) groups is 1. The Morgan fingerprint density at radius 2 is 2.29 bits per heavy atom. The zero-order valence-corrected chi connectivity index (χ0v) is 12.9. The molecule has 1 atom stereocenters. The quantitative estimate of drug-likeness (QED) is 0.924. The summed E-state index contributed by atoms with van der Waals surface area (Å²) in [6.07, 6.45) is 3.24. The molecule has 5 nitrogen and oxygen atoms in total. The first-order valence-electron chi connectivity index (χ1n) is 7.40. The van der Waals surface area contributed by atoms with Crippen LogP contribution in [0, 0.1) is 5.82 Å². The Bertz CT molecular complexity index is 508. The van der Waals surface area contributed by atoms with Crippen molar-refractivity contribution in [2.45, 2.75) is 25.8 Å². The number of nitrogens with zero attached hydrogens (tertiary/aromatic N) is 3. The summed E-state index contributed by atoms with van der Waals surface area (Å²) < 4.78 is 14.3. The van der Waals surface area contributed by atoms with E-state index in [1.54, 1.807) is 11.9 Å². The van der Waals surface area contributed by atoms with E-state index in [1.807, 2.05) is 0 Å². The second-order valence-corrected chi connectivity index (χ2v) is 5.45. The molecule has 6 heteroatoms. The molecule has 0 aromatic carbocycles. The number of halogens is 1. The minimum absolute atomic E-state index is 0.0948. The smallest absolute Gasteiger partial charge is 0.257 e. The van der Waals surface area contributed by atoms with E-state index in [0.717, 1.165) is 25.9 Å². The number of nitrogens with one attached hydrogen (secondary N) is 1. The van der Waals surface area contributed by atoms with Crippen LogP contribution in [0.1, 0.15) is 30.1 Å². The summed E-state index contributed by atoms with van der Waals surface area (Å²) in [4.78, 5) is 20.7. The van der Waals surface area contributed by atoms with E-state index in [9.17, 15) is 9.18 Å². The average Bonchev–Trinajstić information content (AvgIpc) is 2.68. The molecule has 1 unspecified atom stereocenters. The minimum atomic E-state index is -0.572. The third-order valence-corrected chi connectivity index (χ3v) is 3.99. The molecule has 0 bridgehead atoms. The van der Waals surface area contributed by atoms with Gasteiger partial charge in [-0.05, 0) is 32.5 Å². The number of rotatable bonds is 3. The Morgan fingerprint density at radius 1 is 1.52 bits per heavy atom. The minimum Gasteiger partial charge on any atom is -0.371 e. The van der Waals surface area contributed by atoms with Crippen molar-refractivity contribution in [2.24, 2.45) is 0 Å². The van der Waals surface area contributed by atoms with Crippen LogP contribution in [0.2, 0.25) is 0 Å². The number of aromatic nitrogens is 1. The highest BCUT2D eigenvalue weighted by Gasteiger charge is 2.29. The maximum atomic E-state index is 14.3. The summed E-state index contributed by atoms with van der Waals surface area (Å²) >= 11 is 0. The first-order valence-corrected chi connectivity index (χ1v) is 7.40. The number of amides is 1. The number of hydrogen-bond donors (Lipinski definition) is 1. The predicted octanol–water partition coefficient (Wildman–Crippen LogP) is 1.82. The van der Waals surface area contributed by atoms with E-state index in [4.69, 9.17) is 0 Å². The van der Waals surface area contributed by atoms with Crippen molar-refractivity contribution in [1.29, 1.82) is 0 Å². The Labute approximate surface area is 125 Å². The van der Waals surface area contributed by atoms with Gasteiger partial charge in [-0.2, -0.15) is 0 Å². The number of likely N-dealkylation sites (N-methyl/N-ethyl adjacent to an activating group) is 1. The van der Waals surface area contributed by atoms with Crippen molar-refractivity contribution in [2.75, 3.05) is 39.0 Å². The Kier molecular flexibility index (Phi) is 5.12. The van der Waals surface area contributed by atoms with Gasteiger partial charge in [0.25, 0.3) is 5.91 Å². The van der Waals surface area contributed by atoms with E-state index in [2.05, 4.69) is 29.2 Å². The van der Waals surface area contributed by atoms with Crippen LogP contribution in [0.4, 0.5) is 10.2 Å². The molecule has 2 rings (SSSR count). The summed E-state index contributed by atoms with van der Waals surface area (Å²) in [5.74, 6) is -0.702. The lowest BCUT2D eigenvalue weighted by atomic mass is 10.1. The third-order valence-electron chi connectivity index (χ3n) is 3.99. The van der Waals surface area contributed by atoms with Crippen molar-refractivity contribution in [3.8, 4) is 0 Å². The summed E-state index contributed by atoms with van der Waals surface area (Å²) in [6.45, 7) is 4.51. The molecule has 1 saturated heterocycles. The topological polar surface area (TPSA) is 48.5 Å². The number of pyridine rings is 1. The SMILES string of the molecule is CCC1CN(C)CCCN1C(=O)c1ccnc(NC)c1F. The zero-order chi connectivity index (χ0) is 15.4. The van der Waals surface area contributed by atoms with Crippen LogP contribution in [-0.2, 0) is 0 Å². The Hall–Kier alpha value is -1.69. The summed E-state index contributed by atoms with van der Waals surface area (Å²) in [7, 11) is 3.65. The number of anilines is 1. The molecule has 1 amide bonds. The zero-order valence-electron chi connectivity index (χ0n) is 12.9. The highest BCUT2D eigenvalue weighted by atomic mass is 19.1. The average molecular weight is 294 g/mol. The van der Waals surface area contributed by atoms with Crippen LogP contribution >= 0.6 is 0 Å². The van der Waals surface area contributed by atoms with Crippen LogP contribution in [0.15, 0.2) is 12.3 Å². The molecule has 2 heterocycles. The first kappa shape index (κ1) is 15.7. The summed E-state index contributed by atoms with van der Waals surface area (Å²) in [6, 6.07) is 1.58. The Balaban J connectivity index is 2.29. The van der Waals surface area contributed by atoms with Gasteiger partial charge in [0, 0.05) is 32.4 Å². The second-order valence-electron chi connectivity index (χ2n) is 5.45. The fourth-order valence-electron chi connectivity index (χ4n) is 2.80. The van der Waals surface area contributed by atoms with E-state index in [-0.39, 0.29) is 23.3 Å². The van der Waals surface area contributed by atoms with Crippen molar-refractivity contribution in [3.05, 3.63) is 23.6 Å². The van der Waals surface area contributed by atoms with Gasteiger partial charge in [0.05, 0.1) is 5.56 Å². The lowest BCUT2D eigenvalue weighted by Gasteiger charge is -2.30. The molecule has 116 valence electrons. The second kappa shape index (κ2) is 6.85. The normalized spacial score (nSPS) is 20.2. The van der Waals surface area contributed by atoms with Gasteiger partial charge in [-0.15, -0.1) is 0 Å². The predicted molar refractivity (Wildman–Crippen MR) is 81.0 cm³/mol. The molecule has 1 fully saturated rings. The molecule has 0 spiro atoms. The monoisotopic (exact) mass is 294 g/mol. The molecule has 1 aliphatic heterocycles. The van der Waals surface area contributed by atoms with Crippen LogP contribution in [0.5, 0.6) is 0 Å². The van der Waals surface area contributed by atoms with Crippen molar-refractivity contribution in [1.82, 2.24) is 14.8 Å².